The maximum absolute atomic E-state index is 12.1. The van der Waals surface area contributed by atoms with Crippen LogP contribution in [0, 0.1) is 0 Å². The van der Waals surface area contributed by atoms with Gasteiger partial charge in [-0.05, 0) is 65.7 Å². The van der Waals surface area contributed by atoms with Crippen LogP contribution >= 0.6 is 0 Å². The van der Waals surface area contributed by atoms with Gasteiger partial charge >= 0.3 is 0 Å². The number of anilines is 3. The standard InChI is InChI=1S/C25H22N4O4S/c26-34(31,32)23-8-4-5-21(16-23)28-24-15-19(13-14-27-24)18-9-11-20(12-10-18)29-25(30)17-33-22-6-2-1-3-7-22/h1-16H,17H2,(H,27,28)(H,29,30)(H2,26,31,32). The van der Waals surface area contributed by atoms with E-state index in [9.17, 15) is 13.2 Å². The van der Waals surface area contributed by atoms with E-state index in [1.54, 1.807) is 42.6 Å². The van der Waals surface area contributed by atoms with Gasteiger partial charge in [0, 0.05) is 17.6 Å². The number of para-hydroxylation sites is 1. The molecule has 1 amide bonds. The smallest absolute Gasteiger partial charge is 0.262 e. The van der Waals surface area contributed by atoms with E-state index in [4.69, 9.17) is 9.88 Å². The summed E-state index contributed by atoms with van der Waals surface area (Å²) in [5.74, 6) is 0.916. The number of amides is 1. The molecule has 0 bridgehead atoms. The number of sulfonamides is 1. The first-order valence-electron chi connectivity index (χ1n) is 10.3. The number of carbonyl (C=O) groups excluding carboxylic acids is 1. The Morgan fingerprint density at radius 1 is 0.853 bits per heavy atom. The molecule has 8 nitrogen and oxygen atoms in total. The summed E-state index contributed by atoms with van der Waals surface area (Å²) >= 11 is 0. The van der Waals surface area contributed by atoms with E-state index in [0.29, 0.717) is 22.9 Å². The fourth-order valence-electron chi connectivity index (χ4n) is 3.19. The Balaban J connectivity index is 1.40. The Bertz CT molecular complexity index is 1390. The quantitative estimate of drug-likeness (QED) is 0.352. The predicted molar refractivity (Wildman–Crippen MR) is 131 cm³/mol. The minimum Gasteiger partial charge on any atom is -0.484 e. The zero-order valence-corrected chi connectivity index (χ0v) is 18.8. The SMILES string of the molecule is NS(=O)(=O)c1cccc(Nc2cc(-c3ccc(NC(=O)COc4ccccc4)cc3)ccn2)c1. The third kappa shape index (κ3) is 6.18. The third-order valence-corrected chi connectivity index (χ3v) is 5.72. The highest BCUT2D eigenvalue weighted by atomic mass is 32.2. The summed E-state index contributed by atoms with van der Waals surface area (Å²) in [6, 6.07) is 26.4. The second kappa shape index (κ2) is 10.2. The molecule has 0 atom stereocenters. The molecule has 172 valence electrons. The molecule has 4 aromatic rings. The third-order valence-electron chi connectivity index (χ3n) is 4.81. The van der Waals surface area contributed by atoms with Gasteiger partial charge in [-0.2, -0.15) is 0 Å². The first-order chi connectivity index (χ1) is 16.4. The van der Waals surface area contributed by atoms with Gasteiger partial charge in [-0.25, -0.2) is 18.5 Å². The number of nitrogens with zero attached hydrogens (tertiary/aromatic N) is 1. The molecule has 0 saturated carbocycles. The summed E-state index contributed by atoms with van der Waals surface area (Å²) in [7, 11) is -3.80. The molecule has 0 fully saturated rings. The van der Waals surface area contributed by atoms with E-state index in [2.05, 4.69) is 15.6 Å². The van der Waals surface area contributed by atoms with Crippen molar-refractivity contribution in [2.75, 3.05) is 17.2 Å². The number of aromatic nitrogens is 1. The van der Waals surface area contributed by atoms with Crippen molar-refractivity contribution >= 4 is 33.1 Å². The zero-order chi connectivity index (χ0) is 24.0. The number of primary sulfonamides is 1. The number of ether oxygens (including phenoxy) is 1. The molecule has 1 aromatic heterocycles. The Kier molecular flexibility index (Phi) is 6.86. The van der Waals surface area contributed by atoms with Gasteiger partial charge in [0.15, 0.2) is 6.61 Å². The van der Waals surface area contributed by atoms with E-state index in [-0.39, 0.29) is 17.4 Å². The summed E-state index contributed by atoms with van der Waals surface area (Å²) in [6.07, 6.45) is 1.65. The maximum atomic E-state index is 12.1. The Morgan fingerprint density at radius 2 is 1.62 bits per heavy atom. The first kappa shape index (κ1) is 23.0. The fraction of sp³-hybridized carbons (Fsp3) is 0.0400. The number of pyridine rings is 1. The molecular formula is C25H22N4O4S. The van der Waals surface area contributed by atoms with Crippen LogP contribution in [0.25, 0.3) is 11.1 Å². The molecule has 9 heteroatoms. The summed E-state index contributed by atoms with van der Waals surface area (Å²) in [5.41, 5.74) is 3.01. The van der Waals surface area contributed by atoms with Gasteiger partial charge in [-0.1, -0.05) is 36.4 Å². The average Bonchev–Trinajstić information content (AvgIpc) is 2.84. The van der Waals surface area contributed by atoms with Crippen molar-refractivity contribution in [3.8, 4) is 16.9 Å². The van der Waals surface area contributed by atoms with E-state index in [1.165, 1.54) is 12.1 Å². The van der Waals surface area contributed by atoms with Crippen molar-refractivity contribution in [3.63, 3.8) is 0 Å². The largest absolute Gasteiger partial charge is 0.484 e. The van der Waals surface area contributed by atoms with Crippen LogP contribution in [0.3, 0.4) is 0 Å². The number of nitrogens with two attached hydrogens (primary N) is 1. The zero-order valence-electron chi connectivity index (χ0n) is 18.0. The summed E-state index contributed by atoms with van der Waals surface area (Å²) in [6.45, 7) is -0.0855. The molecule has 0 unspecified atom stereocenters. The summed E-state index contributed by atoms with van der Waals surface area (Å²) in [4.78, 5) is 16.5. The van der Waals surface area contributed by atoms with E-state index in [1.807, 2.05) is 42.5 Å². The van der Waals surface area contributed by atoms with Crippen LogP contribution in [0.4, 0.5) is 17.2 Å². The number of hydrogen-bond donors (Lipinski definition) is 3. The maximum Gasteiger partial charge on any atom is 0.262 e. The molecule has 4 N–H and O–H groups in total. The van der Waals surface area contributed by atoms with Crippen LogP contribution in [0.15, 0.2) is 102 Å². The van der Waals surface area contributed by atoms with Gasteiger partial charge in [-0.3, -0.25) is 4.79 Å². The Labute approximate surface area is 197 Å². The minimum atomic E-state index is -3.80. The topological polar surface area (TPSA) is 123 Å². The molecule has 0 aliphatic carbocycles. The highest BCUT2D eigenvalue weighted by molar-refractivity contribution is 7.89. The molecule has 0 saturated heterocycles. The second-order valence-electron chi connectivity index (χ2n) is 7.35. The lowest BCUT2D eigenvalue weighted by molar-refractivity contribution is -0.118. The minimum absolute atomic E-state index is 0.0143. The van der Waals surface area contributed by atoms with Gasteiger partial charge in [0.1, 0.15) is 11.6 Å². The van der Waals surface area contributed by atoms with Crippen molar-refractivity contribution in [2.24, 2.45) is 5.14 Å². The number of carbonyl (C=O) groups is 1. The van der Waals surface area contributed by atoms with Crippen molar-refractivity contribution in [3.05, 3.63) is 97.2 Å². The van der Waals surface area contributed by atoms with Gasteiger partial charge in [0.25, 0.3) is 5.91 Å². The lowest BCUT2D eigenvalue weighted by Gasteiger charge is -2.10. The molecule has 0 spiro atoms. The van der Waals surface area contributed by atoms with Crippen LogP contribution in [-0.2, 0) is 14.8 Å². The molecule has 0 radical (unpaired) electrons. The van der Waals surface area contributed by atoms with Gasteiger partial charge < -0.3 is 15.4 Å². The van der Waals surface area contributed by atoms with E-state index >= 15 is 0 Å². The van der Waals surface area contributed by atoms with Crippen LogP contribution in [0.1, 0.15) is 0 Å². The molecule has 4 rings (SSSR count). The molecule has 3 aromatic carbocycles. The second-order valence-corrected chi connectivity index (χ2v) is 8.92. The lowest BCUT2D eigenvalue weighted by atomic mass is 10.1. The average molecular weight is 475 g/mol. The normalized spacial score (nSPS) is 11.0. The number of hydrogen-bond acceptors (Lipinski definition) is 6. The van der Waals surface area contributed by atoms with Crippen molar-refractivity contribution < 1.29 is 17.9 Å². The summed E-state index contributed by atoms with van der Waals surface area (Å²) in [5, 5.41) is 11.1. The van der Waals surface area contributed by atoms with Crippen molar-refractivity contribution in [2.45, 2.75) is 4.90 Å². The Hall–Kier alpha value is -4.21. The first-order valence-corrected chi connectivity index (χ1v) is 11.9. The Morgan fingerprint density at radius 3 is 2.35 bits per heavy atom. The number of benzene rings is 3. The highest BCUT2D eigenvalue weighted by Crippen LogP contribution is 2.25. The van der Waals surface area contributed by atoms with Gasteiger partial charge in [-0.15, -0.1) is 0 Å². The monoisotopic (exact) mass is 474 g/mol. The molecular weight excluding hydrogens is 452 g/mol. The van der Waals surface area contributed by atoms with Crippen LogP contribution in [-0.4, -0.2) is 25.9 Å². The van der Waals surface area contributed by atoms with Gasteiger partial charge in [0.05, 0.1) is 4.90 Å². The van der Waals surface area contributed by atoms with Crippen LogP contribution in [0.2, 0.25) is 0 Å². The van der Waals surface area contributed by atoms with Crippen LogP contribution in [0.5, 0.6) is 5.75 Å². The highest BCUT2D eigenvalue weighted by Gasteiger charge is 2.09. The molecule has 34 heavy (non-hydrogen) atoms. The van der Waals surface area contributed by atoms with Crippen molar-refractivity contribution in [1.82, 2.24) is 4.98 Å². The molecule has 0 aliphatic rings. The van der Waals surface area contributed by atoms with E-state index < -0.39 is 10.0 Å². The number of rotatable bonds is 8. The fourth-order valence-corrected chi connectivity index (χ4v) is 3.75. The van der Waals surface area contributed by atoms with Crippen molar-refractivity contribution in [1.29, 1.82) is 0 Å². The van der Waals surface area contributed by atoms with E-state index in [0.717, 1.165) is 11.1 Å². The predicted octanol–water partition coefficient (Wildman–Crippen LogP) is 4.16. The lowest BCUT2D eigenvalue weighted by Crippen LogP contribution is -2.20. The molecule has 1 heterocycles. The van der Waals surface area contributed by atoms with Crippen LogP contribution < -0.4 is 20.5 Å². The number of nitrogens with one attached hydrogen (secondary N) is 2. The summed E-state index contributed by atoms with van der Waals surface area (Å²) < 4.78 is 28.6. The molecule has 0 aliphatic heterocycles. The van der Waals surface area contributed by atoms with Gasteiger partial charge in [0.2, 0.25) is 10.0 Å².